The van der Waals surface area contributed by atoms with E-state index in [0.717, 1.165) is 12.8 Å². The highest BCUT2D eigenvalue weighted by Crippen LogP contribution is 2.26. The minimum absolute atomic E-state index is 0.0945. The van der Waals surface area contributed by atoms with E-state index in [2.05, 4.69) is 10.6 Å². The van der Waals surface area contributed by atoms with E-state index in [1.165, 1.54) is 18.6 Å². The van der Waals surface area contributed by atoms with Crippen molar-refractivity contribution in [2.24, 2.45) is 5.92 Å². The number of carbonyl (C=O) groups excluding carboxylic acids is 1. The predicted octanol–water partition coefficient (Wildman–Crippen LogP) is 2.96. The number of aromatic carboxylic acids is 1. The Labute approximate surface area is 116 Å². The number of carbonyl (C=O) groups is 2. The Balaban J connectivity index is 1.99. The van der Waals surface area contributed by atoms with Crippen LogP contribution in [0.2, 0.25) is 5.02 Å². The van der Waals surface area contributed by atoms with Crippen LogP contribution in [-0.2, 0) is 0 Å². The van der Waals surface area contributed by atoms with E-state index < -0.39 is 12.0 Å². The normalized spacial score (nSPS) is 14.6. The molecule has 3 N–H and O–H groups in total. The second kappa shape index (κ2) is 5.93. The summed E-state index contributed by atoms with van der Waals surface area (Å²) in [5.41, 5.74) is 0.106. The van der Waals surface area contributed by atoms with Gasteiger partial charge in [-0.2, -0.15) is 0 Å². The zero-order valence-corrected chi connectivity index (χ0v) is 11.0. The Morgan fingerprint density at radius 1 is 1.37 bits per heavy atom. The van der Waals surface area contributed by atoms with Crippen LogP contribution in [0.1, 0.15) is 29.6 Å². The van der Waals surface area contributed by atoms with Crippen LogP contribution in [0.25, 0.3) is 0 Å². The Bertz CT molecular complexity index is 501. The molecule has 1 aromatic carbocycles. The van der Waals surface area contributed by atoms with Gasteiger partial charge in [0.05, 0.1) is 10.7 Å². The van der Waals surface area contributed by atoms with Crippen LogP contribution in [0.4, 0.5) is 10.5 Å². The Morgan fingerprint density at radius 2 is 2.11 bits per heavy atom. The molecule has 0 saturated heterocycles. The number of carboxylic acid groups (broad SMARTS) is 1. The molecule has 1 saturated carbocycles. The van der Waals surface area contributed by atoms with Crippen LogP contribution in [0.5, 0.6) is 0 Å². The zero-order valence-electron chi connectivity index (χ0n) is 10.3. The lowest BCUT2D eigenvalue weighted by Crippen LogP contribution is -2.35. The molecule has 0 unspecified atom stereocenters. The molecule has 0 aliphatic heterocycles. The number of hydrogen-bond donors (Lipinski definition) is 3. The number of benzene rings is 1. The van der Waals surface area contributed by atoms with Gasteiger partial charge in [-0.1, -0.05) is 24.1 Å². The summed E-state index contributed by atoms with van der Waals surface area (Å²) in [5, 5.41) is 14.4. The van der Waals surface area contributed by atoms with Gasteiger partial charge in [-0.15, -0.1) is 0 Å². The lowest BCUT2D eigenvalue weighted by molar-refractivity contribution is 0.0698. The molecule has 0 radical (unpaired) electrons. The first-order valence-corrected chi connectivity index (χ1v) is 6.52. The van der Waals surface area contributed by atoms with Crippen molar-refractivity contribution in [1.82, 2.24) is 5.32 Å². The summed E-state index contributed by atoms with van der Waals surface area (Å²) in [6, 6.07) is 4.17. The topological polar surface area (TPSA) is 78.4 Å². The third kappa shape index (κ3) is 3.38. The highest BCUT2D eigenvalue weighted by atomic mass is 35.5. The Kier molecular flexibility index (Phi) is 4.27. The molecule has 5 nitrogen and oxygen atoms in total. The number of amides is 2. The third-order valence-corrected chi connectivity index (χ3v) is 3.57. The number of hydrogen-bond acceptors (Lipinski definition) is 2. The first-order chi connectivity index (χ1) is 9.08. The molecule has 19 heavy (non-hydrogen) atoms. The molecular weight excluding hydrogens is 268 g/mol. The van der Waals surface area contributed by atoms with Gasteiger partial charge in [0.15, 0.2) is 0 Å². The second-order valence-corrected chi connectivity index (χ2v) is 5.01. The Hall–Kier alpha value is -1.75. The molecule has 0 atom stereocenters. The average molecular weight is 283 g/mol. The molecule has 1 fully saturated rings. The Morgan fingerprint density at radius 3 is 2.68 bits per heavy atom. The quantitative estimate of drug-likeness (QED) is 0.794. The van der Waals surface area contributed by atoms with Gasteiger partial charge >= 0.3 is 12.0 Å². The second-order valence-electron chi connectivity index (χ2n) is 4.60. The zero-order chi connectivity index (χ0) is 13.8. The van der Waals surface area contributed by atoms with Crippen LogP contribution in [0.15, 0.2) is 18.2 Å². The number of rotatable bonds is 4. The molecule has 102 valence electrons. The van der Waals surface area contributed by atoms with Crippen molar-refractivity contribution < 1.29 is 14.7 Å². The van der Waals surface area contributed by atoms with E-state index in [0.29, 0.717) is 12.5 Å². The van der Waals surface area contributed by atoms with Gasteiger partial charge in [0.25, 0.3) is 0 Å². The van der Waals surface area contributed by atoms with Gasteiger partial charge in [-0.3, -0.25) is 0 Å². The van der Waals surface area contributed by atoms with E-state index in [1.54, 1.807) is 6.07 Å². The lowest BCUT2D eigenvalue weighted by Gasteiger charge is -2.25. The van der Waals surface area contributed by atoms with E-state index in [1.807, 2.05) is 0 Å². The van der Waals surface area contributed by atoms with Gasteiger partial charge < -0.3 is 15.7 Å². The molecule has 2 amide bonds. The number of nitrogens with one attached hydrogen (secondary N) is 2. The monoisotopic (exact) mass is 282 g/mol. The maximum Gasteiger partial charge on any atom is 0.339 e. The van der Waals surface area contributed by atoms with Crippen molar-refractivity contribution in [1.29, 1.82) is 0 Å². The molecule has 0 bridgehead atoms. The fourth-order valence-corrected chi connectivity index (χ4v) is 2.20. The number of carboxylic acids is 1. The minimum atomic E-state index is -1.17. The summed E-state index contributed by atoms with van der Waals surface area (Å²) >= 11 is 5.81. The molecule has 1 aliphatic carbocycles. The third-order valence-electron chi connectivity index (χ3n) is 3.25. The standard InChI is InChI=1S/C13H15ClN2O3/c14-9-5-2-6-10(11(9)12(17)18)16-13(19)15-7-8-3-1-4-8/h2,5-6,8H,1,3-4,7H2,(H,17,18)(H2,15,16,19). The molecule has 0 spiro atoms. The SMILES string of the molecule is O=C(NCC1CCC1)Nc1cccc(Cl)c1C(=O)O. The summed E-state index contributed by atoms with van der Waals surface area (Å²) in [5.74, 6) is -0.621. The van der Waals surface area contributed by atoms with E-state index in [9.17, 15) is 9.59 Å². The lowest BCUT2D eigenvalue weighted by atomic mass is 9.85. The molecule has 6 heteroatoms. The average Bonchev–Trinajstić information content (AvgIpc) is 2.26. The van der Waals surface area contributed by atoms with E-state index >= 15 is 0 Å². The van der Waals surface area contributed by atoms with Crippen molar-refractivity contribution in [3.05, 3.63) is 28.8 Å². The first kappa shape index (κ1) is 13.7. The summed E-state index contributed by atoms with van der Waals surface area (Å²) in [6.07, 6.45) is 3.49. The van der Waals surface area contributed by atoms with Crippen LogP contribution in [-0.4, -0.2) is 23.7 Å². The smallest absolute Gasteiger partial charge is 0.339 e. The summed E-state index contributed by atoms with van der Waals surface area (Å²) < 4.78 is 0. The highest BCUT2D eigenvalue weighted by Gasteiger charge is 2.19. The minimum Gasteiger partial charge on any atom is -0.478 e. The maximum absolute atomic E-state index is 11.7. The van der Waals surface area contributed by atoms with Crippen LogP contribution < -0.4 is 10.6 Å². The largest absolute Gasteiger partial charge is 0.478 e. The van der Waals surface area contributed by atoms with Crippen molar-refractivity contribution >= 4 is 29.3 Å². The molecule has 2 rings (SSSR count). The summed E-state index contributed by atoms with van der Waals surface area (Å²) in [6.45, 7) is 0.620. The van der Waals surface area contributed by atoms with Crippen LogP contribution in [0, 0.1) is 5.92 Å². The van der Waals surface area contributed by atoms with Gasteiger partial charge in [0.2, 0.25) is 0 Å². The van der Waals surface area contributed by atoms with Gasteiger partial charge in [0, 0.05) is 6.54 Å². The van der Waals surface area contributed by atoms with Gasteiger partial charge in [0.1, 0.15) is 5.56 Å². The first-order valence-electron chi connectivity index (χ1n) is 6.14. The van der Waals surface area contributed by atoms with Crippen LogP contribution in [0.3, 0.4) is 0 Å². The molecule has 1 aromatic rings. The summed E-state index contributed by atoms with van der Waals surface area (Å²) in [7, 11) is 0. The summed E-state index contributed by atoms with van der Waals surface area (Å²) in [4.78, 5) is 22.8. The number of anilines is 1. The predicted molar refractivity (Wildman–Crippen MR) is 72.8 cm³/mol. The fourth-order valence-electron chi connectivity index (χ4n) is 1.95. The molecular formula is C13H15ClN2O3. The van der Waals surface area contributed by atoms with Crippen molar-refractivity contribution in [2.75, 3.05) is 11.9 Å². The van der Waals surface area contributed by atoms with Crippen LogP contribution >= 0.6 is 11.6 Å². The maximum atomic E-state index is 11.7. The van der Waals surface area contributed by atoms with Crippen molar-refractivity contribution in [3.63, 3.8) is 0 Å². The molecule has 0 heterocycles. The van der Waals surface area contributed by atoms with E-state index in [4.69, 9.17) is 16.7 Å². The number of urea groups is 1. The van der Waals surface area contributed by atoms with Gasteiger partial charge in [-0.25, -0.2) is 9.59 Å². The number of halogens is 1. The fraction of sp³-hybridized carbons (Fsp3) is 0.385. The highest BCUT2D eigenvalue weighted by molar-refractivity contribution is 6.34. The van der Waals surface area contributed by atoms with Crippen molar-refractivity contribution in [2.45, 2.75) is 19.3 Å². The van der Waals surface area contributed by atoms with E-state index in [-0.39, 0.29) is 16.3 Å². The van der Waals surface area contributed by atoms with Crippen molar-refractivity contribution in [3.8, 4) is 0 Å². The molecule has 0 aromatic heterocycles. The van der Waals surface area contributed by atoms with Gasteiger partial charge in [-0.05, 0) is 30.9 Å². The molecule has 1 aliphatic rings.